The Morgan fingerprint density at radius 1 is 1.14 bits per heavy atom. The number of esters is 1. The highest BCUT2D eigenvalue weighted by Gasteiger charge is 2.30. The van der Waals surface area contributed by atoms with Crippen LogP contribution in [0.25, 0.3) is 10.9 Å². The summed E-state index contributed by atoms with van der Waals surface area (Å²) in [6.07, 6.45) is 0. The zero-order chi connectivity index (χ0) is 20.8. The van der Waals surface area contributed by atoms with Crippen LogP contribution in [0.3, 0.4) is 0 Å². The smallest absolute Gasteiger partial charge is 0.308 e. The fourth-order valence-electron chi connectivity index (χ4n) is 3.50. The predicted octanol–water partition coefficient (Wildman–Crippen LogP) is 5.22. The molecule has 6 heteroatoms. The van der Waals surface area contributed by atoms with Crippen LogP contribution in [0.15, 0.2) is 36.4 Å². The highest BCUT2D eigenvalue weighted by molar-refractivity contribution is 6.31. The van der Waals surface area contributed by atoms with Crippen LogP contribution in [-0.2, 0) is 10.2 Å². The number of fused-ring (bicyclic) bond motifs is 1. The standard InChI is InChI=1S/C22H22ClNO4/c1-12-20(28-13(2)25)18-16(9-10-17(26)19(18)22(3,4)5)24(12)21(27)14-7-6-8-15(23)11-14/h6-11,26H,1-5H3. The monoisotopic (exact) mass is 399 g/mol. The van der Waals surface area contributed by atoms with Crippen LogP contribution >= 0.6 is 11.6 Å². The molecule has 0 atom stereocenters. The van der Waals surface area contributed by atoms with E-state index in [9.17, 15) is 14.7 Å². The number of halogens is 1. The summed E-state index contributed by atoms with van der Waals surface area (Å²) in [5, 5.41) is 11.5. The molecule has 0 saturated heterocycles. The van der Waals surface area contributed by atoms with E-state index in [1.165, 1.54) is 11.5 Å². The van der Waals surface area contributed by atoms with Gasteiger partial charge in [0.25, 0.3) is 5.91 Å². The summed E-state index contributed by atoms with van der Waals surface area (Å²) in [5.74, 6) is -0.436. The van der Waals surface area contributed by atoms with Crippen molar-refractivity contribution in [1.29, 1.82) is 0 Å². The van der Waals surface area contributed by atoms with Crippen LogP contribution < -0.4 is 4.74 Å². The van der Waals surface area contributed by atoms with E-state index < -0.39 is 11.4 Å². The second kappa shape index (κ2) is 6.99. The number of nitrogens with zero attached hydrogens (tertiary/aromatic N) is 1. The number of rotatable bonds is 2. The third-order valence-corrected chi connectivity index (χ3v) is 4.80. The first-order valence-corrected chi connectivity index (χ1v) is 9.26. The fraction of sp³-hybridized carbons (Fsp3) is 0.273. The number of hydrogen-bond acceptors (Lipinski definition) is 4. The molecule has 146 valence electrons. The lowest BCUT2D eigenvalue weighted by molar-refractivity contribution is -0.131. The Hall–Kier alpha value is -2.79. The van der Waals surface area contributed by atoms with Crippen LogP contribution in [0, 0.1) is 6.92 Å². The molecule has 0 aliphatic rings. The van der Waals surface area contributed by atoms with Gasteiger partial charge in [-0.05, 0) is 42.7 Å². The van der Waals surface area contributed by atoms with Crippen molar-refractivity contribution < 1.29 is 19.4 Å². The molecule has 28 heavy (non-hydrogen) atoms. The van der Waals surface area contributed by atoms with Gasteiger partial charge in [0, 0.05) is 23.1 Å². The quantitative estimate of drug-likeness (QED) is 0.600. The van der Waals surface area contributed by atoms with E-state index in [4.69, 9.17) is 16.3 Å². The minimum atomic E-state index is -0.499. The van der Waals surface area contributed by atoms with Gasteiger partial charge < -0.3 is 9.84 Å². The SMILES string of the molecule is CC(=O)Oc1c(C)n(C(=O)c2cccc(Cl)c2)c2ccc(O)c(C(C)(C)C)c12. The van der Waals surface area contributed by atoms with Crippen LogP contribution in [0.2, 0.25) is 5.02 Å². The van der Waals surface area contributed by atoms with Gasteiger partial charge in [-0.1, -0.05) is 38.4 Å². The van der Waals surface area contributed by atoms with Crippen molar-refractivity contribution in [2.24, 2.45) is 0 Å². The van der Waals surface area contributed by atoms with Gasteiger partial charge in [0.15, 0.2) is 5.75 Å². The summed E-state index contributed by atoms with van der Waals surface area (Å²) in [6, 6.07) is 9.88. The molecule has 0 aliphatic carbocycles. The molecule has 5 nitrogen and oxygen atoms in total. The first-order chi connectivity index (χ1) is 13.0. The normalized spacial score (nSPS) is 11.6. The topological polar surface area (TPSA) is 68.5 Å². The molecule has 0 spiro atoms. The van der Waals surface area contributed by atoms with E-state index in [-0.39, 0.29) is 17.4 Å². The lowest BCUT2D eigenvalue weighted by Crippen LogP contribution is -2.14. The Labute approximate surface area is 168 Å². The van der Waals surface area contributed by atoms with Gasteiger partial charge in [-0.2, -0.15) is 0 Å². The molecule has 0 fully saturated rings. The molecule has 0 bridgehead atoms. The van der Waals surface area contributed by atoms with E-state index in [1.54, 1.807) is 43.3 Å². The third-order valence-electron chi connectivity index (χ3n) is 4.56. The fourth-order valence-corrected chi connectivity index (χ4v) is 3.69. The summed E-state index contributed by atoms with van der Waals surface area (Å²) >= 11 is 6.05. The van der Waals surface area contributed by atoms with Gasteiger partial charge in [-0.25, -0.2) is 0 Å². The highest BCUT2D eigenvalue weighted by atomic mass is 35.5. The summed E-state index contributed by atoms with van der Waals surface area (Å²) in [4.78, 5) is 25.0. The van der Waals surface area contributed by atoms with Gasteiger partial charge in [0.1, 0.15) is 5.75 Å². The zero-order valence-electron chi connectivity index (χ0n) is 16.5. The Bertz CT molecular complexity index is 1110. The van der Waals surface area contributed by atoms with Gasteiger partial charge in [0.2, 0.25) is 0 Å². The summed E-state index contributed by atoms with van der Waals surface area (Å²) < 4.78 is 6.98. The van der Waals surface area contributed by atoms with Crippen molar-refractivity contribution in [3.63, 3.8) is 0 Å². The lowest BCUT2D eigenvalue weighted by atomic mass is 9.84. The number of phenols is 1. The molecule has 0 saturated carbocycles. The van der Waals surface area contributed by atoms with Gasteiger partial charge in [0.05, 0.1) is 16.6 Å². The minimum Gasteiger partial charge on any atom is -0.508 e. The summed E-state index contributed by atoms with van der Waals surface area (Å²) in [7, 11) is 0. The Kier molecular flexibility index (Phi) is 4.98. The van der Waals surface area contributed by atoms with Crippen molar-refractivity contribution in [3.8, 4) is 11.5 Å². The van der Waals surface area contributed by atoms with Gasteiger partial charge >= 0.3 is 5.97 Å². The predicted molar refractivity (Wildman–Crippen MR) is 110 cm³/mol. The Morgan fingerprint density at radius 2 is 1.82 bits per heavy atom. The van der Waals surface area contributed by atoms with Gasteiger partial charge in [-0.15, -0.1) is 0 Å². The van der Waals surface area contributed by atoms with Crippen molar-refractivity contribution in [1.82, 2.24) is 4.57 Å². The number of hydrogen-bond donors (Lipinski definition) is 1. The maximum absolute atomic E-state index is 13.3. The van der Waals surface area contributed by atoms with Crippen LogP contribution in [0.5, 0.6) is 11.5 Å². The molecular formula is C22H22ClNO4. The average Bonchev–Trinajstić information content (AvgIpc) is 2.84. The minimum absolute atomic E-state index is 0.0840. The van der Waals surface area contributed by atoms with Gasteiger partial charge in [-0.3, -0.25) is 14.2 Å². The molecule has 2 aromatic carbocycles. The number of ether oxygens (including phenoxy) is 1. The molecular weight excluding hydrogens is 378 g/mol. The number of carbonyl (C=O) groups excluding carboxylic acids is 2. The van der Waals surface area contributed by atoms with Crippen molar-refractivity contribution >= 4 is 34.4 Å². The second-order valence-electron chi connectivity index (χ2n) is 7.76. The molecule has 0 aliphatic heterocycles. The lowest BCUT2D eigenvalue weighted by Gasteiger charge is -2.22. The molecule has 1 heterocycles. The van der Waals surface area contributed by atoms with E-state index in [0.29, 0.717) is 32.7 Å². The van der Waals surface area contributed by atoms with E-state index in [0.717, 1.165) is 0 Å². The number of aromatic hydroxyl groups is 1. The largest absolute Gasteiger partial charge is 0.508 e. The van der Waals surface area contributed by atoms with E-state index in [2.05, 4.69) is 0 Å². The number of aromatic nitrogens is 1. The third kappa shape index (κ3) is 3.38. The average molecular weight is 400 g/mol. The summed E-state index contributed by atoms with van der Waals surface area (Å²) in [5.41, 5.74) is 1.61. The maximum atomic E-state index is 13.3. The van der Waals surface area contributed by atoms with E-state index >= 15 is 0 Å². The van der Waals surface area contributed by atoms with E-state index in [1.807, 2.05) is 20.8 Å². The molecule has 0 unspecified atom stereocenters. The molecule has 1 aromatic heterocycles. The molecule has 1 N–H and O–H groups in total. The number of benzene rings is 2. The summed E-state index contributed by atoms with van der Waals surface area (Å²) in [6.45, 7) is 8.87. The molecule has 3 aromatic rings. The first-order valence-electron chi connectivity index (χ1n) is 8.88. The maximum Gasteiger partial charge on any atom is 0.308 e. The van der Waals surface area contributed by atoms with Crippen LogP contribution in [-0.4, -0.2) is 21.6 Å². The highest BCUT2D eigenvalue weighted by Crippen LogP contribution is 2.44. The van der Waals surface area contributed by atoms with Crippen LogP contribution in [0.4, 0.5) is 0 Å². The Balaban J connectivity index is 2.41. The second-order valence-corrected chi connectivity index (χ2v) is 8.20. The first kappa shape index (κ1) is 20.0. The van der Waals surface area contributed by atoms with Crippen molar-refractivity contribution in [2.45, 2.75) is 40.0 Å². The number of phenolic OH excluding ortho intramolecular Hbond substituents is 1. The van der Waals surface area contributed by atoms with Crippen molar-refractivity contribution in [3.05, 3.63) is 58.2 Å². The van der Waals surface area contributed by atoms with Crippen molar-refractivity contribution in [2.75, 3.05) is 0 Å². The van der Waals surface area contributed by atoms with Crippen LogP contribution in [0.1, 0.15) is 49.3 Å². The Morgan fingerprint density at radius 3 is 2.39 bits per heavy atom. The zero-order valence-corrected chi connectivity index (χ0v) is 17.2. The molecule has 0 amide bonds. The molecule has 0 radical (unpaired) electrons. The number of carbonyl (C=O) groups is 2. The molecule has 3 rings (SSSR count).